The summed E-state index contributed by atoms with van der Waals surface area (Å²) in [6.45, 7) is 11.2. The van der Waals surface area contributed by atoms with Gasteiger partial charge in [0.05, 0.1) is 0 Å². The Balaban J connectivity index is 4.29. The highest BCUT2D eigenvalue weighted by atomic mass is 16.6. The third-order valence-electron chi connectivity index (χ3n) is 9.83. The number of esters is 3. The Morgan fingerprint density at radius 3 is 1.16 bits per heavy atom. The average molecular weight is 695 g/mol. The number of hydrogen-bond acceptors (Lipinski definition) is 6. The molecule has 0 aliphatic heterocycles. The second-order valence-electron chi connectivity index (χ2n) is 15.3. The van der Waals surface area contributed by atoms with E-state index in [9.17, 15) is 14.4 Å². The van der Waals surface area contributed by atoms with Crippen LogP contribution in [0, 0.1) is 11.8 Å². The van der Waals surface area contributed by atoms with Crippen molar-refractivity contribution in [2.75, 3.05) is 13.2 Å². The summed E-state index contributed by atoms with van der Waals surface area (Å²) in [6, 6.07) is 0. The molecule has 0 bridgehead atoms. The molecule has 0 aliphatic rings. The first kappa shape index (κ1) is 47.4. The van der Waals surface area contributed by atoms with Gasteiger partial charge in [0.2, 0.25) is 0 Å². The van der Waals surface area contributed by atoms with E-state index in [-0.39, 0.29) is 31.1 Å². The van der Waals surface area contributed by atoms with Crippen molar-refractivity contribution >= 4 is 17.9 Å². The summed E-state index contributed by atoms with van der Waals surface area (Å²) in [6.07, 6.45) is 32.4. The molecule has 0 aromatic rings. The van der Waals surface area contributed by atoms with Gasteiger partial charge in [0, 0.05) is 19.3 Å². The maximum atomic E-state index is 12.6. The minimum absolute atomic E-state index is 0.0665. The van der Waals surface area contributed by atoms with E-state index in [4.69, 9.17) is 14.2 Å². The standard InChI is InChI=1S/C43H82O6/c1-6-8-9-10-16-23-28-33-41(44)47-36-40(49-43(46)35-30-25-20-19-22-27-32-39(5)7-2)37-48-42(45)34-29-24-18-15-13-11-12-14-17-21-26-31-38(3)4/h38-40H,6-37H2,1-5H3/t39?,40-/m0/s1. The Bertz CT molecular complexity index is 751. The maximum Gasteiger partial charge on any atom is 0.306 e. The molecule has 6 heteroatoms. The van der Waals surface area contributed by atoms with Gasteiger partial charge in [-0.25, -0.2) is 0 Å². The van der Waals surface area contributed by atoms with Gasteiger partial charge in [-0.3, -0.25) is 14.4 Å². The van der Waals surface area contributed by atoms with Crippen molar-refractivity contribution < 1.29 is 28.6 Å². The summed E-state index contributed by atoms with van der Waals surface area (Å²) in [5.74, 6) is 0.766. The number of carbonyl (C=O) groups is 3. The van der Waals surface area contributed by atoms with E-state index >= 15 is 0 Å². The Hall–Kier alpha value is -1.59. The van der Waals surface area contributed by atoms with E-state index in [0.29, 0.717) is 19.3 Å². The zero-order valence-corrected chi connectivity index (χ0v) is 33.3. The number of ether oxygens (including phenoxy) is 3. The van der Waals surface area contributed by atoms with E-state index < -0.39 is 6.10 Å². The normalized spacial score (nSPS) is 12.6. The maximum absolute atomic E-state index is 12.6. The largest absolute Gasteiger partial charge is 0.462 e. The van der Waals surface area contributed by atoms with Gasteiger partial charge in [-0.2, -0.15) is 0 Å². The topological polar surface area (TPSA) is 78.9 Å². The third kappa shape index (κ3) is 36.0. The quantitative estimate of drug-likeness (QED) is 0.0366. The van der Waals surface area contributed by atoms with Gasteiger partial charge in [-0.1, -0.05) is 189 Å². The fraction of sp³-hybridized carbons (Fsp3) is 0.930. The minimum atomic E-state index is -0.759. The summed E-state index contributed by atoms with van der Waals surface area (Å²) >= 11 is 0. The molecule has 0 saturated carbocycles. The van der Waals surface area contributed by atoms with Gasteiger partial charge in [-0.15, -0.1) is 0 Å². The predicted octanol–water partition coefficient (Wildman–Crippen LogP) is 13.0. The van der Waals surface area contributed by atoms with E-state index in [2.05, 4.69) is 34.6 Å². The molecule has 0 heterocycles. The zero-order valence-electron chi connectivity index (χ0n) is 33.3. The Kier molecular flexibility index (Phi) is 35.0. The Morgan fingerprint density at radius 1 is 0.429 bits per heavy atom. The molecule has 0 amide bonds. The van der Waals surface area contributed by atoms with Crippen LogP contribution in [-0.4, -0.2) is 37.2 Å². The summed E-state index contributed by atoms with van der Waals surface area (Å²) in [7, 11) is 0. The molecule has 0 spiro atoms. The summed E-state index contributed by atoms with van der Waals surface area (Å²) < 4.78 is 16.6. The van der Waals surface area contributed by atoms with E-state index in [0.717, 1.165) is 69.6 Å². The van der Waals surface area contributed by atoms with E-state index in [1.165, 1.54) is 116 Å². The number of hydrogen-bond donors (Lipinski definition) is 0. The second-order valence-corrected chi connectivity index (χ2v) is 15.3. The molecule has 0 aliphatic carbocycles. The van der Waals surface area contributed by atoms with Crippen LogP contribution < -0.4 is 0 Å². The summed E-state index contributed by atoms with van der Waals surface area (Å²) in [5, 5.41) is 0. The van der Waals surface area contributed by atoms with Crippen LogP contribution in [0.5, 0.6) is 0 Å². The molecule has 0 N–H and O–H groups in total. The monoisotopic (exact) mass is 695 g/mol. The highest BCUT2D eigenvalue weighted by Crippen LogP contribution is 2.16. The van der Waals surface area contributed by atoms with Gasteiger partial charge in [0.25, 0.3) is 0 Å². The van der Waals surface area contributed by atoms with E-state index in [1.807, 2.05) is 0 Å². The van der Waals surface area contributed by atoms with E-state index in [1.54, 1.807) is 0 Å². The number of rotatable bonds is 37. The van der Waals surface area contributed by atoms with Crippen LogP contribution in [0.25, 0.3) is 0 Å². The molecule has 6 nitrogen and oxygen atoms in total. The fourth-order valence-corrected chi connectivity index (χ4v) is 6.19. The smallest absolute Gasteiger partial charge is 0.306 e. The fourth-order valence-electron chi connectivity index (χ4n) is 6.19. The van der Waals surface area contributed by atoms with Crippen molar-refractivity contribution in [2.24, 2.45) is 11.8 Å². The van der Waals surface area contributed by atoms with Crippen molar-refractivity contribution in [3.8, 4) is 0 Å². The van der Waals surface area contributed by atoms with Gasteiger partial charge in [0.1, 0.15) is 13.2 Å². The highest BCUT2D eigenvalue weighted by molar-refractivity contribution is 5.71. The lowest BCUT2D eigenvalue weighted by molar-refractivity contribution is -0.167. The average Bonchev–Trinajstić information content (AvgIpc) is 3.08. The first-order valence-electron chi connectivity index (χ1n) is 21.3. The SMILES string of the molecule is CCCCCCCCCC(=O)OC[C@@H](COC(=O)CCCCCCCCCCCCCC(C)C)OC(=O)CCCCCCCCC(C)CC. The molecular formula is C43H82O6. The predicted molar refractivity (Wildman–Crippen MR) is 206 cm³/mol. The van der Waals surface area contributed by atoms with Crippen molar-refractivity contribution in [2.45, 2.75) is 233 Å². The molecular weight excluding hydrogens is 612 g/mol. The molecule has 49 heavy (non-hydrogen) atoms. The molecule has 0 rings (SSSR count). The Morgan fingerprint density at radius 2 is 0.776 bits per heavy atom. The van der Waals surface area contributed by atoms with Crippen LogP contribution in [0.3, 0.4) is 0 Å². The molecule has 0 aromatic heterocycles. The van der Waals surface area contributed by atoms with Crippen LogP contribution in [0.4, 0.5) is 0 Å². The van der Waals surface area contributed by atoms with Gasteiger partial charge >= 0.3 is 17.9 Å². The molecule has 0 saturated heterocycles. The lowest BCUT2D eigenvalue weighted by Gasteiger charge is -2.18. The van der Waals surface area contributed by atoms with Crippen LogP contribution in [0.1, 0.15) is 227 Å². The molecule has 0 radical (unpaired) electrons. The van der Waals surface area contributed by atoms with Crippen molar-refractivity contribution in [1.82, 2.24) is 0 Å². The van der Waals surface area contributed by atoms with Crippen molar-refractivity contribution in [3.05, 3.63) is 0 Å². The first-order valence-corrected chi connectivity index (χ1v) is 21.3. The molecule has 2 atom stereocenters. The van der Waals surface area contributed by atoms with Gasteiger partial charge < -0.3 is 14.2 Å². The van der Waals surface area contributed by atoms with Crippen molar-refractivity contribution in [3.63, 3.8) is 0 Å². The lowest BCUT2D eigenvalue weighted by atomic mass is 10.00. The van der Waals surface area contributed by atoms with Crippen LogP contribution >= 0.6 is 0 Å². The summed E-state index contributed by atoms with van der Waals surface area (Å²) in [4.78, 5) is 37.5. The molecule has 0 fully saturated rings. The molecule has 0 aromatic carbocycles. The third-order valence-corrected chi connectivity index (χ3v) is 9.83. The molecule has 1 unspecified atom stereocenters. The van der Waals surface area contributed by atoms with Crippen LogP contribution in [0.2, 0.25) is 0 Å². The number of carbonyl (C=O) groups excluding carboxylic acids is 3. The van der Waals surface area contributed by atoms with Crippen LogP contribution in [0.15, 0.2) is 0 Å². The van der Waals surface area contributed by atoms with Gasteiger partial charge in [-0.05, 0) is 31.1 Å². The highest BCUT2D eigenvalue weighted by Gasteiger charge is 2.19. The molecule has 290 valence electrons. The first-order chi connectivity index (χ1) is 23.8. The summed E-state index contributed by atoms with van der Waals surface area (Å²) in [5.41, 5.74) is 0. The lowest BCUT2D eigenvalue weighted by Crippen LogP contribution is -2.30. The second kappa shape index (κ2) is 36.2. The number of unbranched alkanes of at least 4 members (excludes halogenated alkanes) is 21. The van der Waals surface area contributed by atoms with Gasteiger partial charge in [0.15, 0.2) is 6.10 Å². The minimum Gasteiger partial charge on any atom is -0.462 e. The zero-order chi connectivity index (χ0) is 36.2. The van der Waals surface area contributed by atoms with Crippen LogP contribution in [-0.2, 0) is 28.6 Å². The van der Waals surface area contributed by atoms with Crippen molar-refractivity contribution in [1.29, 1.82) is 0 Å². The Labute approximate surface area is 304 Å².